The Hall–Kier alpha value is -0.840. The first-order chi connectivity index (χ1) is 7.11. The Bertz CT molecular complexity index is 406. The van der Waals surface area contributed by atoms with Gasteiger partial charge in [-0.2, -0.15) is 0 Å². The van der Waals surface area contributed by atoms with Crippen LogP contribution in [0.5, 0.6) is 5.75 Å². The fourth-order valence-electron chi connectivity index (χ4n) is 1.51. The lowest BCUT2D eigenvalue weighted by molar-refractivity contribution is -0.463. The van der Waals surface area contributed by atoms with Crippen LogP contribution in [0.1, 0.15) is 11.1 Å². The molecule has 0 saturated heterocycles. The first-order valence-corrected chi connectivity index (χ1v) is 5.55. The standard InChI is InChI=1S/C12H15INO/c1-5-11(14(3)4)10-7-6-8-12(15-13)9(10)2/h5-8H,1H2,2-4H3/q+1. The van der Waals surface area contributed by atoms with Gasteiger partial charge < -0.3 is 3.07 Å². The number of rotatable bonds is 3. The number of benzene rings is 1. The van der Waals surface area contributed by atoms with Crippen LogP contribution in [0.3, 0.4) is 0 Å². The van der Waals surface area contributed by atoms with Gasteiger partial charge in [0, 0.05) is 11.6 Å². The second-order valence-corrected chi connectivity index (χ2v) is 3.93. The highest BCUT2D eigenvalue weighted by atomic mass is 127. The van der Waals surface area contributed by atoms with Gasteiger partial charge in [-0.15, -0.1) is 0 Å². The highest BCUT2D eigenvalue weighted by Crippen LogP contribution is 2.23. The Morgan fingerprint density at radius 1 is 1.47 bits per heavy atom. The molecule has 0 radical (unpaired) electrons. The number of nitrogens with zero attached hydrogens (tertiary/aromatic N) is 1. The van der Waals surface area contributed by atoms with Crippen LogP contribution in [-0.2, 0) is 0 Å². The first-order valence-electron chi connectivity index (χ1n) is 4.67. The third-order valence-corrected chi connectivity index (χ3v) is 2.79. The minimum absolute atomic E-state index is 0.898. The average Bonchev–Trinajstić information content (AvgIpc) is 2.21. The smallest absolute Gasteiger partial charge is 0.206 e. The van der Waals surface area contributed by atoms with E-state index >= 15 is 0 Å². The summed E-state index contributed by atoms with van der Waals surface area (Å²) in [5.74, 6) is 0.898. The van der Waals surface area contributed by atoms with Crippen molar-refractivity contribution in [1.82, 2.24) is 0 Å². The second kappa shape index (κ2) is 5.30. The summed E-state index contributed by atoms with van der Waals surface area (Å²) in [5.41, 5.74) is 3.39. The Morgan fingerprint density at radius 3 is 2.60 bits per heavy atom. The topological polar surface area (TPSA) is 12.2 Å². The molecule has 15 heavy (non-hydrogen) atoms. The average molecular weight is 316 g/mol. The van der Waals surface area contributed by atoms with Gasteiger partial charge in [0.1, 0.15) is 19.8 Å². The van der Waals surface area contributed by atoms with Crippen LogP contribution in [0.25, 0.3) is 0 Å². The number of hydrogen-bond acceptors (Lipinski definition) is 1. The minimum atomic E-state index is 0.898. The van der Waals surface area contributed by atoms with E-state index in [9.17, 15) is 0 Å². The van der Waals surface area contributed by atoms with Crippen molar-refractivity contribution in [3.05, 3.63) is 42.0 Å². The van der Waals surface area contributed by atoms with Crippen molar-refractivity contribution in [3.8, 4) is 5.75 Å². The Labute approximate surface area is 105 Å². The minimum Gasteiger partial charge on any atom is -0.427 e. The van der Waals surface area contributed by atoms with E-state index in [-0.39, 0.29) is 0 Å². The molecule has 1 aromatic carbocycles. The van der Waals surface area contributed by atoms with Gasteiger partial charge in [0.25, 0.3) is 0 Å². The van der Waals surface area contributed by atoms with Gasteiger partial charge in [0.05, 0.1) is 5.56 Å². The van der Waals surface area contributed by atoms with Crippen molar-refractivity contribution in [2.75, 3.05) is 14.1 Å². The van der Waals surface area contributed by atoms with Gasteiger partial charge >= 0.3 is 0 Å². The van der Waals surface area contributed by atoms with E-state index < -0.39 is 0 Å². The lowest BCUT2D eigenvalue weighted by Crippen LogP contribution is -2.13. The summed E-state index contributed by atoms with van der Waals surface area (Å²) in [6, 6.07) is 6.02. The quantitative estimate of drug-likeness (QED) is 0.474. The van der Waals surface area contributed by atoms with Crippen molar-refractivity contribution in [2.24, 2.45) is 0 Å². The molecule has 0 heterocycles. The summed E-state index contributed by atoms with van der Waals surface area (Å²) < 4.78 is 7.31. The lowest BCUT2D eigenvalue weighted by atomic mass is 10.0. The zero-order chi connectivity index (χ0) is 11.4. The summed E-state index contributed by atoms with van der Waals surface area (Å²) >= 11 is 1.90. The predicted octanol–water partition coefficient (Wildman–Crippen LogP) is 2.97. The van der Waals surface area contributed by atoms with Crippen LogP contribution in [0, 0.1) is 6.92 Å². The third-order valence-electron chi connectivity index (χ3n) is 2.32. The van der Waals surface area contributed by atoms with E-state index in [1.165, 1.54) is 0 Å². The molecule has 0 aromatic heterocycles. The molecule has 1 aromatic rings. The van der Waals surface area contributed by atoms with Gasteiger partial charge in [0.2, 0.25) is 5.71 Å². The molecule has 0 aliphatic rings. The molecule has 0 fully saturated rings. The molecule has 0 atom stereocenters. The van der Waals surface area contributed by atoms with Crippen molar-refractivity contribution >= 4 is 28.7 Å². The lowest BCUT2D eigenvalue weighted by Gasteiger charge is -2.07. The van der Waals surface area contributed by atoms with E-state index in [1.807, 2.05) is 59.9 Å². The molecule has 0 aliphatic heterocycles. The summed E-state index contributed by atoms with van der Waals surface area (Å²) in [6.07, 6.45) is 1.86. The van der Waals surface area contributed by atoms with Crippen LogP contribution in [0.4, 0.5) is 0 Å². The summed E-state index contributed by atoms with van der Waals surface area (Å²) in [7, 11) is 4.02. The van der Waals surface area contributed by atoms with Crippen molar-refractivity contribution in [3.63, 3.8) is 0 Å². The molecule has 80 valence electrons. The zero-order valence-electron chi connectivity index (χ0n) is 9.25. The van der Waals surface area contributed by atoms with E-state index in [0.29, 0.717) is 0 Å². The SMILES string of the molecule is C=CC(c1cccc(OI)c1C)=[N+](C)C. The Kier molecular flexibility index (Phi) is 4.32. The summed E-state index contributed by atoms with van der Waals surface area (Å²) in [4.78, 5) is 0. The highest BCUT2D eigenvalue weighted by molar-refractivity contribution is 14.1. The summed E-state index contributed by atoms with van der Waals surface area (Å²) in [6.45, 7) is 5.89. The molecule has 0 N–H and O–H groups in total. The molecule has 0 saturated carbocycles. The fourth-order valence-corrected chi connectivity index (χ4v) is 1.99. The van der Waals surface area contributed by atoms with E-state index in [1.54, 1.807) is 0 Å². The molecular formula is C12H15INO+. The maximum atomic E-state index is 5.26. The van der Waals surface area contributed by atoms with Crippen LogP contribution < -0.4 is 3.07 Å². The Morgan fingerprint density at radius 2 is 2.13 bits per heavy atom. The van der Waals surface area contributed by atoms with E-state index in [0.717, 1.165) is 22.6 Å². The number of halogens is 1. The monoisotopic (exact) mass is 316 g/mol. The van der Waals surface area contributed by atoms with Gasteiger partial charge in [-0.3, -0.25) is 0 Å². The van der Waals surface area contributed by atoms with Crippen molar-refractivity contribution in [2.45, 2.75) is 6.92 Å². The van der Waals surface area contributed by atoms with Gasteiger partial charge in [-0.05, 0) is 19.1 Å². The van der Waals surface area contributed by atoms with Crippen molar-refractivity contribution in [1.29, 1.82) is 0 Å². The molecular weight excluding hydrogens is 301 g/mol. The third kappa shape index (κ3) is 2.59. The maximum absolute atomic E-state index is 5.26. The first kappa shape index (κ1) is 12.2. The van der Waals surface area contributed by atoms with Crippen LogP contribution >= 0.6 is 23.0 Å². The van der Waals surface area contributed by atoms with E-state index in [4.69, 9.17) is 3.07 Å². The zero-order valence-corrected chi connectivity index (χ0v) is 11.4. The van der Waals surface area contributed by atoms with Gasteiger partial charge in [-0.25, -0.2) is 4.58 Å². The Balaban J connectivity index is 3.38. The molecule has 0 aliphatic carbocycles. The number of hydrogen-bond donors (Lipinski definition) is 0. The second-order valence-electron chi connectivity index (χ2n) is 3.49. The molecule has 1 rings (SSSR count). The van der Waals surface area contributed by atoms with Crippen LogP contribution in [-0.4, -0.2) is 24.4 Å². The summed E-state index contributed by atoms with van der Waals surface area (Å²) in [5, 5.41) is 0. The van der Waals surface area contributed by atoms with Gasteiger partial charge in [0.15, 0.2) is 23.0 Å². The molecule has 0 unspecified atom stereocenters. The van der Waals surface area contributed by atoms with Crippen molar-refractivity contribution < 1.29 is 7.64 Å². The fraction of sp³-hybridized carbons (Fsp3) is 0.250. The van der Waals surface area contributed by atoms with Gasteiger partial charge in [-0.1, -0.05) is 12.6 Å². The number of allylic oxidation sites excluding steroid dienone is 1. The normalized spacial score (nSPS) is 9.60. The largest absolute Gasteiger partial charge is 0.427 e. The molecule has 0 bridgehead atoms. The maximum Gasteiger partial charge on any atom is 0.206 e. The van der Waals surface area contributed by atoms with Crippen LogP contribution in [0.15, 0.2) is 30.9 Å². The predicted molar refractivity (Wildman–Crippen MR) is 72.2 cm³/mol. The molecule has 2 nitrogen and oxygen atoms in total. The molecule has 0 amide bonds. The molecule has 3 heteroatoms. The molecule has 0 spiro atoms. The van der Waals surface area contributed by atoms with Crippen LogP contribution in [0.2, 0.25) is 0 Å². The highest BCUT2D eigenvalue weighted by Gasteiger charge is 2.13. The van der Waals surface area contributed by atoms with E-state index in [2.05, 4.69) is 19.6 Å².